The maximum absolute atomic E-state index is 10.0. The predicted molar refractivity (Wildman–Crippen MR) is 37.2 cm³/mol. The third-order valence-corrected chi connectivity index (χ3v) is 1.64. The number of hydrogen-bond acceptors (Lipinski definition) is 6. The van der Waals surface area contributed by atoms with E-state index in [1.807, 2.05) is 0 Å². The molecule has 0 bridgehead atoms. The number of carbonyl (C=O) groups excluding carboxylic acids is 1. The Morgan fingerprint density at radius 1 is 1.33 bits per heavy atom. The molecule has 0 spiro atoms. The van der Waals surface area contributed by atoms with E-state index < -0.39 is 31.0 Å². The van der Waals surface area contributed by atoms with Gasteiger partial charge < -0.3 is 30.3 Å². The Morgan fingerprint density at radius 3 is 2.08 bits per heavy atom. The lowest BCUT2D eigenvalue weighted by Gasteiger charge is -2.31. The quantitative estimate of drug-likeness (QED) is 0.282. The zero-order chi connectivity index (χ0) is 9.78. The maximum Gasteiger partial charge on any atom is 0.151 e. The summed E-state index contributed by atoms with van der Waals surface area (Å²) in [6.07, 6.45) is -3.72. The summed E-state index contributed by atoms with van der Waals surface area (Å²) in [6.45, 7) is -1.88. The molecule has 0 heterocycles. The van der Waals surface area contributed by atoms with Gasteiger partial charge in [0, 0.05) is 0 Å². The van der Waals surface area contributed by atoms with E-state index in [1.54, 1.807) is 0 Å². The number of carbonyl (C=O) groups is 1. The summed E-state index contributed by atoms with van der Waals surface area (Å²) < 4.78 is 0. The third-order valence-electron chi connectivity index (χ3n) is 1.64. The van der Waals surface area contributed by atoms with E-state index in [0.717, 1.165) is 0 Å². The Bertz CT molecular complexity index is 149. The first-order valence-corrected chi connectivity index (χ1v) is 3.28. The van der Waals surface area contributed by atoms with E-state index in [2.05, 4.69) is 0 Å². The largest absolute Gasteiger partial charge is 0.394 e. The monoisotopic (exact) mass is 180 g/mol. The van der Waals surface area contributed by atoms with Crippen LogP contribution in [-0.2, 0) is 4.79 Å². The molecule has 0 aromatic rings. The van der Waals surface area contributed by atoms with Gasteiger partial charge >= 0.3 is 0 Å². The van der Waals surface area contributed by atoms with Crippen molar-refractivity contribution in [3.8, 4) is 0 Å². The van der Waals surface area contributed by atoms with Gasteiger partial charge in [0.05, 0.1) is 13.2 Å². The minimum Gasteiger partial charge on any atom is -0.394 e. The number of aliphatic hydroxyl groups is 5. The Kier molecular flexibility index (Phi) is 4.29. The van der Waals surface area contributed by atoms with Crippen molar-refractivity contribution in [3.05, 3.63) is 0 Å². The number of rotatable bonds is 5. The van der Waals surface area contributed by atoms with E-state index in [-0.39, 0.29) is 6.29 Å². The molecule has 6 heteroatoms. The van der Waals surface area contributed by atoms with Crippen molar-refractivity contribution in [1.29, 1.82) is 0 Å². The van der Waals surface area contributed by atoms with Crippen molar-refractivity contribution in [1.82, 2.24) is 0 Å². The molecular formula is C6H12O6. The molecule has 0 aliphatic rings. The van der Waals surface area contributed by atoms with Crippen LogP contribution in [0.3, 0.4) is 0 Å². The van der Waals surface area contributed by atoms with Crippen LogP contribution in [0, 0.1) is 0 Å². The van der Waals surface area contributed by atoms with E-state index >= 15 is 0 Å². The fourth-order valence-corrected chi connectivity index (χ4v) is 0.672. The molecule has 3 atom stereocenters. The lowest BCUT2D eigenvalue weighted by Crippen LogP contribution is -2.57. The molecule has 0 radical (unpaired) electrons. The van der Waals surface area contributed by atoms with Gasteiger partial charge in [-0.05, 0) is 0 Å². The van der Waals surface area contributed by atoms with Crippen LogP contribution in [0.15, 0.2) is 0 Å². The zero-order valence-electron chi connectivity index (χ0n) is 6.29. The molecule has 0 amide bonds. The summed E-state index contributed by atoms with van der Waals surface area (Å²) in [5.74, 6) is 0. The van der Waals surface area contributed by atoms with Gasteiger partial charge in [0.1, 0.15) is 17.8 Å². The molecule has 6 nitrogen and oxygen atoms in total. The summed E-state index contributed by atoms with van der Waals surface area (Å²) in [6, 6.07) is 0. The van der Waals surface area contributed by atoms with Crippen molar-refractivity contribution in [3.63, 3.8) is 0 Å². The van der Waals surface area contributed by atoms with Crippen molar-refractivity contribution in [2.24, 2.45) is 0 Å². The van der Waals surface area contributed by atoms with E-state index in [4.69, 9.17) is 20.4 Å². The van der Waals surface area contributed by atoms with Crippen LogP contribution in [0.1, 0.15) is 0 Å². The summed E-state index contributed by atoms with van der Waals surface area (Å²) in [4.78, 5) is 10.0. The first-order valence-electron chi connectivity index (χ1n) is 3.28. The van der Waals surface area contributed by atoms with Gasteiger partial charge in [-0.3, -0.25) is 0 Å². The molecule has 0 aromatic carbocycles. The van der Waals surface area contributed by atoms with Crippen molar-refractivity contribution < 1.29 is 30.3 Å². The summed E-state index contributed by atoms with van der Waals surface area (Å²) in [5.41, 5.74) is -2.39. The van der Waals surface area contributed by atoms with Crippen molar-refractivity contribution in [2.45, 2.75) is 17.8 Å². The molecule has 0 fully saturated rings. The molecule has 0 rings (SSSR count). The SMILES string of the molecule is O=C[C@@H](O)[C@](O)(CO)[C@H](O)CO. The molecule has 0 aliphatic carbocycles. The topological polar surface area (TPSA) is 118 Å². The maximum atomic E-state index is 10.0. The van der Waals surface area contributed by atoms with Crippen LogP contribution < -0.4 is 0 Å². The second kappa shape index (κ2) is 4.48. The van der Waals surface area contributed by atoms with E-state index in [1.165, 1.54) is 0 Å². The molecular weight excluding hydrogens is 168 g/mol. The van der Waals surface area contributed by atoms with Crippen LogP contribution in [0.2, 0.25) is 0 Å². The van der Waals surface area contributed by atoms with Crippen molar-refractivity contribution >= 4 is 6.29 Å². The van der Waals surface area contributed by atoms with Gasteiger partial charge in [0.25, 0.3) is 0 Å². The molecule has 0 saturated heterocycles. The summed E-state index contributed by atoms with van der Waals surface area (Å²) in [7, 11) is 0. The summed E-state index contributed by atoms with van der Waals surface area (Å²) in [5, 5.41) is 43.9. The second-order valence-corrected chi connectivity index (χ2v) is 2.43. The Balaban J connectivity index is 4.53. The fraction of sp³-hybridized carbons (Fsp3) is 0.833. The lowest BCUT2D eigenvalue weighted by molar-refractivity contribution is -0.176. The second-order valence-electron chi connectivity index (χ2n) is 2.43. The van der Waals surface area contributed by atoms with Crippen LogP contribution in [0.25, 0.3) is 0 Å². The normalized spacial score (nSPS) is 21.1. The predicted octanol–water partition coefficient (Wildman–Crippen LogP) is -3.38. The van der Waals surface area contributed by atoms with E-state index in [9.17, 15) is 9.90 Å². The molecule has 0 aromatic heterocycles. The Labute approximate surface area is 68.7 Å². The van der Waals surface area contributed by atoms with Gasteiger partial charge in [0.15, 0.2) is 6.29 Å². The molecule has 12 heavy (non-hydrogen) atoms. The smallest absolute Gasteiger partial charge is 0.151 e. The van der Waals surface area contributed by atoms with Crippen molar-refractivity contribution in [2.75, 3.05) is 13.2 Å². The molecule has 5 N–H and O–H groups in total. The number of aliphatic hydroxyl groups excluding tert-OH is 4. The van der Waals surface area contributed by atoms with Crippen LogP contribution in [-0.4, -0.2) is 62.8 Å². The highest BCUT2D eigenvalue weighted by Gasteiger charge is 2.41. The number of aldehydes is 1. The average molecular weight is 180 g/mol. The van der Waals surface area contributed by atoms with Gasteiger partial charge in [-0.15, -0.1) is 0 Å². The Hall–Kier alpha value is -0.530. The molecule has 0 saturated carbocycles. The minimum atomic E-state index is -2.39. The van der Waals surface area contributed by atoms with Gasteiger partial charge in [-0.25, -0.2) is 0 Å². The standard InChI is InChI=1S/C6H12O6/c7-1-4(10)6(12,3-9)5(11)2-8/h1,4-5,8-12H,2-3H2/t4-,5-,6-/m1/s1. The van der Waals surface area contributed by atoms with E-state index in [0.29, 0.717) is 0 Å². The third kappa shape index (κ3) is 1.99. The molecule has 72 valence electrons. The molecule has 0 unspecified atom stereocenters. The zero-order valence-corrected chi connectivity index (χ0v) is 6.29. The Morgan fingerprint density at radius 2 is 1.83 bits per heavy atom. The minimum absolute atomic E-state index is 0.0326. The number of hydrogen-bond donors (Lipinski definition) is 5. The van der Waals surface area contributed by atoms with Crippen LogP contribution >= 0.6 is 0 Å². The van der Waals surface area contributed by atoms with Gasteiger partial charge in [-0.2, -0.15) is 0 Å². The van der Waals surface area contributed by atoms with Gasteiger partial charge in [0.2, 0.25) is 0 Å². The van der Waals surface area contributed by atoms with Crippen LogP contribution in [0.5, 0.6) is 0 Å². The van der Waals surface area contributed by atoms with Crippen LogP contribution in [0.4, 0.5) is 0 Å². The molecule has 0 aliphatic heterocycles. The highest BCUT2D eigenvalue weighted by atomic mass is 16.4. The first-order chi connectivity index (χ1) is 5.52. The fourth-order valence-electron chi connectivity index (χ4n) is 0.672. The summed E-state index contributed by atoms with van der Waals surface area (Å²) >= 11 is 0. The first kappa shape index (κ1) is 11.5. The average Bonchev–Trinajstić information content (AvgIpc) is 2.13. The lowest BCUT2D eigenvalue weighted by atomic mass is 9.92. The highest BCUT2D eigenvalue weighted by molar-refractivity contribution is 5.58. The highest BCUT2D eigenvalue weighted by Crippen LogP contribution is 2.13. The van der Waals surface area contributed by atoms with Gasteiger partial charge in [-0.1, -0.05) is 0 Å².